The first-order valence-corrected chi connectivity index (χ1v) is 9.64. The van der Waals surface area contributed by atoms with E-state index in [1.54, 1.807) is 19.9 Å². The Morgan fingerprint density at radius 1 is 1.07 bits per heavy atom. The van der Waals surface area contributed by atoms with Gasteiger partial charge in [-0.3, -0.25) is 0 Å². The molecule has 0 aromatic rings. The van der Waals surface area contributed by atoms with E-state index in [0.29, 0.717) is 24.9 Å². The van der Waals surface area contributed by atoms with Crippen molar-refractivity contribution in [3.63, 3.8) is 0 Å². The minimum Gasteiger partial charge on any atom is -0.498 e. The number of ether oxygens (including phenoxy) is 3. The lowest BCUT2D eigenvalue weighted by atomic mass is 10.0. The molecule has 1 saturated heterocycles. The molecule has 0 aromatic heterocycles. The summed E-state index contributed by atoms with van der Waals surface area (Å²) in [6, 6.07) is 0. The third kappa shape index (κ3) is 7.97. The van der Waals surface area contributed by atoms with E-state index in [-0.39, 0.29) is 17.4 Å². The molecule has 0 aromatic carbocycles. The summed E-state index contributed by atoms with van der Waals surface area (Å²) in [4.78, 5) is 0. The zero-order valence-electron chi connectivity index (χ0n) is 17.5. The first kappa shape index (κ1) is 23.6. The molecule has 1 rings (SSSR count). The van der Waals surface area contributed by atoms with Crippen LogP contribution in [0.4, 0.5) is 8.78 Å². The molecule has 1 fully saturated rings. The van der Waals surface area contributed by atoms with Crippen LogP contribution in [0.3, 0.4) is 0 Å². The van der Waals surface area contributed by atoms with E-state index in [2.05, 4.69) is 6.92 Å². The number of allylic oxidation sites excluding steroid dienone is 7. The molecule has 5 heteroatoms. The number of hydrogen-bond acceptors (Lipinski definition) is 3. The highest BCUT2D eigenvalue weighted by atomic mass is 19.2. The fraction of sp³-hybridized carbons (Fsp3) is 0.636. The van der Waals surface area contributed by atoms with Gasteiger partial charge in [0.2, 0.25) is 0 Å². The van der Waals surface area contributed by atoms with Crippen molar-refractivity contribution >= 4 is 0 Å². The Morgan fingerprint density at radius 2 is 1.78 bits per heavy atom. The summed E-state index contributed by atoms with van der Waals surface area (Å²) in [6.45, 7) is 9.96. The van der Waals surface area contributed by atoms with Crippen LogP contribution in [0.1, 0.15) is 60.3 Å². The molecule has 27 heavy (non-hydrogen) atoms. The average Bonchev–Trinajstić information content (AvgIpc) is 2.69. The van der Waals surface area contributed by atoms with E-state index in [1.807, 2.05) is 13.0 Å². The lowest BCUT2D eigenvalue weighted by molar-refractivity contribution is -0.0824. The van der Waals surface area contributed by atoms with E-state index >= 15 is 0 Å². The van der Waals surface area contributed by atoms with Crippen molar-refractivity contribution in [2.75, 3.05) is 20.3 Å². The van der Waals surface area contributed by atoms with Gasteiger partial charge in [-0.25, -0.2) is 8.78 Å². The van der Waals surface area contributed by atoms with Gasteiger partial charge in [0.05, 0.1) is 32.5 Å². The van der Waals surface area contributed by atoms with Gasteiger partial charge in [0, 0.05) is 0 Å². The van der Waals surface area contributed by atoms with Crippen molar-refractivity contribution in [1.82, 2.24) is 0 Å². The molecule has 0 amide bonds. The minimum atomic E-state index is -0.967. The van der Waals surface area contributed by atoms with Crippen LogP contribution >= 0.6 is 0 Å². The summed E-state index contributed by atoms with van der Waals surface area (Å²) in [5.74, 6) is -1.94. The van der Waals surface area contributed by atoms with Gasteiger partial charge in [-0.1, -0.05) is 25.5 Å². The fourth-order valence-electron chi connectivity index (χ4n) is 2.73. The van der Waals surface area contributed by atoms with E-state index in [9.17, 15) is 8.78 Å². The lowest BCUT2D eigenvalue weighted by Gasteiger charge is -2.29. The van der Waals surface area contributed by atoms with Crippen molar-refractivity contribution in [2.24, 2.45) is 0 Å². The van der Waals surface area contributed by atoms with Crippen molar-refractivity contribution in [2.45, 2.75) is 72.5 Å². The second kappa shape index (κ2) is 12.1. The van der Waals surface area contributed by atoms with Crippen molar-refractivity contribution < 1.29 is 23.0 Å². The Labute approximate surface area is 162 Å². The monoisotopic (exact) mass is 384 g/mol. The van der Waals surface area contributed by atoms with Crippen molar-refractivity contribution in [1.29, 1.82) is 0 Å². The first-order chi connectivity index (χ1) is 12.8. The van der Waals surface area contributed by atoms with Gasteiger partial charge in [0.25, 0.3) is 0 Å². The SMILES string of the molecule is CCCC1CCC(OC/C(C)=C/C=C(C)/C(C)=C(F)/C(F)=C(\C)OC)CO1. The van der Waals surface area contributed by atoms with Crippen LogP contribution in [0.2, 0.25) is 0 Å². The van der Waals surface area contributed by atoms with Crippen LogP contribution in [-0.2, 0) is 14.2 Å². The number of methoxy groups -OCH3 is 1. The molecule has 0 radical (unpaired) electrons. The lowest BCUT2D eigenvalue weighted by Crippen LogP contribution is -2.31. The molecule has 154 valence electrons. The van der Waals surface area contributed by atoms with Crippen molar-refractivity contribution in [3.8, 4) is 0 Å². The van der Waals surface area contributed by atoms with E-state index in [0.717, 1.165) is 31.3 Å². The van der Waals surface area contributed by atoms with Crippen molar-refractivity contribution in [3.05, 3.63) is 46.3 Å². The smallest absolute Gasteiger partial charge is 0.196 e. The summed E-state index contributed by atoms with van der Waals surface area (Å²) < 4.78 is 44.5. The normalized spacial score (nSPS) is 23.7. The Kier molecular flexibility index (Phi) is 10.6. The van der Waals surface area contributed by atoms with Gasteiger partial charge in [0.15, 0.2) is 11.7 Å². The molecule has 3 nitrogen and oxygen atoms in total. The quantitative estimate of drug-likeness (QED) is 0.343. The standard InChI is InChI=1S/C22H34F2O3/c1-7-8-19-11-12-20(14-27-19)26-13-15(2)9-10-16(3)17(4)21(23)22(24)18(5)25-6/h9-10,19-20H,7-8,11-14H2,1-6H3/b15-9+,16-10+,21-17-,22-18-. The summed E-state index contributed by atoms with van der Waals surface area (Å²) in [6.07, 6.45) is 8.47. The maximum Gasteiger partial charge on any atom is 0.196 e. The van der Waals surface area contributed by atoms with Crippen LogP contribution < -0.4 is 0 Å². The van der Waals surface area contributed by atoms with E-state index in [1.165, 1.54) is 14.0 Å². The zero-order chi connectivity index (χ0) is 20.4. The molecule has 0 aliphatic carbocycles. The van der Waals surface area contributed by atoms with Crippen LogP contribution in [0.15, 0.2) is 46.3 Å². The number of rotatable bonds is 9. The average molecular weight is 385 g/mol. The molecule has 1 aliphatic heterocycles. The highest BCUT2D eigenvalue weighted by Crippen LogP contribution is 2.25. The molecule has 1 aliphatic rings. The number of halogens is 2. The summed E-state index contributed by atoms with van der Waals surface area (Å²) in [5, 5.41) is 0. The van der Waals surface area contributed by atoms with Crippen LogP contribution in [0, 0.1) is 0 Å². The van der Waals surface area contributed by atoms with Gasteiger partial charge in [-0.05, 0) is 63.7 Å². The molecular formula is C22H34F2O3. The maximum absolute atomic E-state index is 14.1. The molecule has 0 saturated carbocycles. The third-order valence-electron chi connectivity index (χ3n) is 4.83. The Hall–Kier alpha value is -1.46. The van der Waals surface area contributed by atoms with Gasteiger partial charge < -0.3 is 14.2 Å². The molecular weight excluding hydrogens is 350 g/mol. The van der Waals surface area contributed by atoms with Crippen LogP contribution in [0.25, 0.3) is 0 Å². The largest absolute Gasteiger partial charge is 0.498 e. The Balaban J connectivity index is 2.59. The van der Waals surface area contributed by atoms with Gasteiger partial charge >= 0.3 is 0 Å². The maximum atomic E-state index is 14.1. The minimum absolute atomic E-state index is 0.0735. The Morgan fingerprint density at radius 3 is 2.33 bits per heavy atom. The van der Waals surface area contributed by atoms with E-state index < -0.39 is 11.7 Å². The second-order valence-corrected chi connectivity index (χ2v) is 7.13. The zero-order valence-corrected chi connectivity index (χ0v) is 17.5. The highest BCUT2D eigenvalue weighted by Gasteiger charge is 2.21. The topological polar surface area (TPSA) is 27.7 Å². The molecule has 1 heterocycles. The second-order valence-electron chi connectivity index (χ2n) is 7.13. The molecule has 0 spiro atoms. The number of hydrogen-bond donors (Lipinski definition) is 0. The van der Waals surface area contributed by atoms with Crippen LogP contribution in [-0.4, -0.2) is 32.5 Å². The predicted octanol–water partition coefficient (Wildman–Crippen LogP) is 6.33. The van der Waals surface area contributed by atoms with E-state index in [4.69, 9.17) is 14.2 Å². The molecule has 2 unspecified atom stereocenters. The molecule has 2 atom stereocenters. The summed E-state index contributed by atoms with van der Waals surface area (Å²) in [5.41, 5.74) is 1.91. The highest BCUT2D eigenvalue weighted by molar-refractivity contribution is 5.39. The van der Waals surface area contributed by atoms with Gasteiger partial charge in [-0.15, -0.1) is 0 Å². The van der Waals surface area contributed by atoms with Crippen LogP contribution in [0.5, 0.6) is 0 Å². The summed E-state index contributed by atoms with van der Waals surface area (Å²) in [7, 11) is 1.31. The predicted molar refractivity (Wildman–Crippen MR) is 106 cm³/mol. The van der Waals surface area contributed by atoms with Gasteiger partial charge in [-0.2, -0.15) is 0 Å². The Bertz CT molecular complexity index is 595. The molecule has 0 bridgehead atoms. The summed E-state index contributed by atoms with van der Waals surface area (Å²) >= 11 is 0. The first-order valence-electron chi connectivity index (χ1n) is 9.64. The van der Waals surface area contributed by atoms with Gasteiger partial charge in [0.1, 0.15) is 5.76 Å². The third-order valence-corrected chi connectivity index (χ3v) is 4.83. The fourth-order valence-corrected chi connectivity index (χ4v) is 2.73. The molecule has 0 N–H and O–H groups in total.